The molecule has 0 radical (unpaired) electrons. The maximum Gasteiger partial charge on any atom is 0.166 e. The summed E-state index contributed by atoms with van der Waals surface area (Å²) in [5.74, 6) is 11.0. The number of hydrogen-bond acceptors (Lipinski definition) is 4. The molecule has 0 amide bonds. The van der Waals surface area contributed by atoms with Crippen LogP contribution >= 0.6 is 0 Å². The van der Waals surface area contributed by atoms with Crippen molar-refractivity contribution in [2.24, 2.45) is 22.5 Å². The van der Waals surface area contributed by atoms with Crippen molar-refractivity contribution in [2.75, 3.05) is 0 Å². The van der Waals surface area contributed by atoms with Crippen LogP contribution in [-0.2, 0) is 6.42 Å². The minimum Gasteiger partial charge on any atom is -0.324 e. The standard InChI is InChI=1S/C10H15N5.2H2/c11-9-4-2-6-5-7(1-3-8(6)9)10(14-12)15-13;;/h1,3,5,9H,2,4,11-13H2,(H,14,15);2*1H/t9-;;/m0../s1. The molecule has 1 aliphatic carbocycles. The molecule has 7 N–H and O–H groups in total. The summed E-state index contributed by atoms with van der Waals surface area (Å²) in [7, 11) is 0. The first-order valence-corrected chi connectivity index (χ1v) is 4.89. The Hall–Kier alpha value is -1.59. The molecule has 15 heavy (non-hydrogen) atoms. The largest absolute Gasteiger partial charge is 0.324 e. The van der Waals surface area contributed by atoms with Gasteiger partial charge in [-0.05, 0) is 30.0 Å². The average Bonchev–Trinajstić information content (AvgIpc) is 2.62. The molecule has 0 fully saturated rings. The van der Waals surface area contributed by atoms with E-state index >= 15 is 0 Å². The third-order valence-electron chi connectivity index (χ3n) is 2.81. The Morgan fingerprint density at radius 1 is 1.53 bits per heavy atom. The van der Waals surface area contributed by atoms with Crippen molar-refractivity contribution in [3.8, 4) is 0 Å². The van der Waals surface area contributed by atoms with Gasteiger partial charge in [0.05, 0.1) is 0 Å². The quantitative estimate of drug-likeness (QED) is 0.230. The van der Waals surface area contributed by atoms with Crippen molar-refractivity contribution in [3.05, 3.63) is 34.9 Å². The predicted molar refractivity (Wildman–Crippen MR) is 64.0 cm³/mol. The summed E-state index contributed by atoms with van der Waals surface area (Å²) in [6, 6.07) is 6.15. The smallest absolute Gasteiger partial charge is 0.166 e. The summed E-state index contributed by atoms with van der Waals surface area (Å²) in [6.45, 7) is 0. The molecule has 2 rings (SSSR count). The normalized spacial score (nSPS) is 20.1. The number of fused-ring (bicyclic) bond motifs is 1. The Morgan fingerprint density at radius 3 is 3.00 bits per heavy atom. The number of benzene rings is 1. The lowest BCUT2D eigenvalue weighted by Gasteiger charge is -2.08. The van der Waals surface area contributed by atoms with Gasteiger partial charge >= 0.3 is 0 Å². The zero-order chi connectivity index (χ0) is 10.8. The van der Waals surface area contributed by atoms with Crippen LogP contribution in [0, 0.1) is 0 Å². The van der Waals surface area contributed by atoms with Gasteiger partial charge < -0.3 is 17.0 Å². The Balaban J connectivity index is 0.00000128. The third-order valence-corrected chi connectivity index (χ3v) is 2.81. The van der Waals surface area contributed by atoms with Crippen LogP contribution in [0.3, 0.4) is 0 Å². The number of hydrogen-bond donors (Lipinski definition) is 4. The average molecular weight is 209 g/mol. The first kappa shape index (κ1) is 9.95. The van der Waals surface area contributed by atoms with Crippen LogP contribution in [0.1, 0.15) is 32.0 Å². The molecule has 0 spiro atoms. The number of nitrogens with one attached hydrogen (secondary N) is 1. The SMILES string of the molecule is N/N=C(\NN)c1ccc2c(c1)CC[C@@H]2N.[HH].[HH]. The van der Waals surface area contributed by atoms with Gasteiger partial charge in [-0.2, -0.15) is 5.10 Å². The van der Waals surface area contributed by atoms with E-state index in [1.54, 1.807) is 0 Å². The molecule has 0 saturated carbocycles. The van der Waals surface area contributed by atoms with E-state index in [2.05, 4.69) is 10.5 Å². The van der Waals surface area contributed by atoms with Gasteiger partial charge in [0.25, 0.3) is 0 Å². The van der Waals surface area contributed by atoms with Crippen LogP contribution in [0.5, 0.6) is 0 Å². The number of aryl methyl sites for hydroxylation is 1. The van der Waals surface area contributed by atoms with E-state index in [1.165, 1.54) is 11.1 Å². The molecule has 0 aliphatic heterocycles. The summed E-state index contributed by atoms with van der Waals surface area (Å²) >= 11 is 0. The van der Waals surface area contributed by atoms with Gasteiger partial charge in [-0.3, -0.25) is 0 Å². The number of hydrazone groups is 1. The van der Waals surface area contributed by atoms with Crippen LogP contribution in [0.25, 0.3) is 0 Å². The highest BCUT2D eigenvalue weighted by atomic mass is 15.3. The van der Waals surface area contributed by atoms with Gasteiger partial charge in [0.1, 0.15) is 0 Å². The van der Waals surface area contributed by atoms with Gasteiger partial charge in [0.2, 0.25) is 0 Å². The van der Waals surface area contributed by atoms with Crippen molar-refractivity contribution in [1.82, 2.24) is 5.43 Å². The van der Waals surface area contributed by atoms with Crippen LogP contribution in [-0.4, -0.2) is 5.84 Å². The topological polar surface area (TPSA) is 102 Å². The molecule has 1 aromatic rings. The zero-order valence-electron chi connectivity index (χ0n) is 8.40. The summed E-state index contributed by atoms with van der Waals surface area (Å²) in [6.07, 6.45) is 2.01. The van der Waals surface area contributed by atoms with E-state index in [0.29, 0.717) is 5.84 Å². The molecule has 0 saturated heterocycles. The van der Waals surface area contributed by atoms with Crippen molar-refractivity contribution < 1.29 is 2.85 Å². The van der Waals surface area contributed by atoms with E-state index in [4.69, 9.17) is 17.4 Å². The highest BCUT2D eigenvalue weighted by Crippen LogP contribution is 2.29. The van der Waals surface area contributed by atoms with E-state index < -0.39 is 0 Å². The molecule has 1 atom stereocenters. The number of nitrogens with two attached hydrogens (primary N) is 3. The van der Waals surface area contributed by atoms with Crippen molar-refractivity contribution >= 4 is 5.84 Å². The highest BCUT2D eigenvalue weighted by Gasteiger charge is 2.19. The lowest BCUT2D eigenvalue weighted by atomic mass is 10.0. The molecular weight excluding hydrogens is 190 g/mol. The van der Waals surface area contributed by atoms with E-state index in [-0.39, 0.29) is 8.90 Å². The van der Waals surface area contributed by atoms with Crippen LogP contribution in [0.2, 0.25) is 0 Å². The Bertz CT molecular complexity index is 408. The highest BCUT2D eigenvalue weighted by molar-refractivity contribution is 5.98. The summed E-state index contributed by atoms with van der Waals surface area (Å²) < 4.78 is 0. The Labute approximate surface area is 91.3 Å². The van der Waals surface area contributed by atoms with E-state index in [1.807, 2.05) is 18.2 Å². The predicted octanol–water partition coefficient (Wildman–Crippen LogP) is 0.208. The van der Waals surface area contributed by atoms with Crippen molar-refractivity contribution in [3.63, 3.8) is 0 Å². The number of rotatable bonds is 1. The van der Waals surface area contributed by atoms with Gasteiger partial charge in [-0.15, -0.1) is 0 Å². The molecule has 0 heterocycles. The van der Waals surface area contributed by atoms with Crippen molar-refractivity contribution in [2.45, 2.75) is 18.9 Å². The number of nitrogens with zero attached hydrogens (tertiary/aromatic N) is 1. The molecule has 0 aromatic heterocycles. The lowest BCUT2D eigenvalue weighted by molar-refractivity contribution is 0.713. The number of amidine groups is 1. The van der Waals surface area contributed by atoms with Crippen LogP contribution < -0.4 is 22.8 Å². The molecule has 0 bridgehead atoms. The summed E-state index contributed by atoms with van der Waals surface area (Å²) in [5, 5.41) is 3.57. The van der Waals surface area contributed by atoms with Crippen LogP contribution in [0.15, 0.2) is 23.3 Å². The minimum atomic E-state index is 0. The second-order valence-corrected chi connectivity index (χ2v) is 3.68. The molecule has 0 unspecified atom stereocenters. The molecule has 84 valence electrons. The molecular formula is C10H19N5. The van der Waals surface area contributed by atoms with E-state index in [0.717, 1.165) is 18.4 Å². The molecule has 1 aromatic carbocycles. The maximum absolute atomic E-state index is 5.94. The molecule has 5 heteroatoms. The second kappa shape index (κ2) is 3.88. The third kappa shape index (κ3) is 1.67. The molecule has 5 nitrogen and oxygen atoms in total. The first-order chi connectivity index (χ1) is 7.26. The first-order valence-electron chi connectivity index (χ1n) is 4.89. The fraction of sp³-hybridized carbons (Fsp3) is 0.300. The van der Waals surface area contributed by atoms with Gasteiger partial charge in [0.15, 0.2) is 5.84 Å². The number of hydrazine groups is 1. The maximum atomic E-state index is 5.94. The fourth-order valence-corrected chi connectivity index (χ4v) is 1.99. The van der Waals surface area contributed by atoms with E-state index in [9.17, 15) is 0 Å². The Morgan fingerprint density at radius 2 is 2.33 bits per heavy atom. The lowest BCUT2D eigenvalue weighted by Crippen LogP contribution is -2.32. The van der Waals surface area contributed by atoms with Gasteiger partial charge in [0, 0.05) is 14.5 Å². The Kier molecular flexibility index (Phi) is 2.57. The summed E-state index contributed by atoms with van der Waals surface area (Å²) in [5.41, 5.74) is 11.8. The van der Waals surface area contributed by atoms with Crippen LogP contribution in [0.4, 0.5) is 0 Å². The fourth-order valence-electron chi connectivity index (χ4n) is 1.99. The van der Waals surface area contributed by atoms with Gasteiger partial charge in [-0.1, -0.05) is 12.1 Å². The minimum absolute atomic E-state index is 0. The van der Waals surface area contributed by atoms with Crippen molar-refractivity contribution in [1.29, 1.82) is 0 Å². The molecule has 1 aliphatic rings. The second-order valence-electron chi connectivity index (χ2n) is 3.68. The monoisotopic (exact) mass is 209 g/mol. The van der Waals surface area contributed by atoms with Gasteiger partial charge in [-0.25, -0.2) is 5.84 Å². The summed E-state index contributed by atoms with van der Waals surface area (Å²) in [4.78, 5) is 0. The zero-order valence-corrected chi connectivity index (χ0v) is 8.40.